The highest BCUT2D eigenvalue weighted by atomic mass is 79.9. The van der Waals surface area contributed by atoms with Crippen LogP contribution in [0.4, 0.5) is 8.78 Å². The molecule has 6 rings (SSSR count). The second-order valence-corrected chi connectivity index (χ2v) is 40.1. The number of carbonyl (C=O) groups is 2. The number of unbranched alkanes of at least 4 members (excludes halogenated alkanes) is 38. The lowest BCUT2D eigenvalue weighted by Gasteiger charge is -2.17. The molecule has 0 fully saturated rings. The molecular weight excluding hydrogens is 1580 g/mol. The number of aromatic nitrogens is 2. The maximum Gasteiger partial charge on any atom is 0.339 e. The van der Waals surface area contributed by atoms with Gasteiger partial charge in [0.05, 0.1) is 64.5 Å². The molecule has 4 atom stereocenters. The van der Waals surface area contributed by atoms with E-state index in [0.717, 1.165) is 93.3 Å². The van der Waals surface area contributed by atoms with Gasteiger partial charge in [-0.2, -0.15) is 8.75 Å². The summed E-state index contributed by atoms with van der Waals surface area (Å²) in [6.45, 7) is 18.8. The summed E-state index contributed by atoms with van der Waals surface area (Å²) >= 11 is 14.9. The van der Waals surface area contributed by atoms with Gasteiger partial charge in [-0.3, -0.25) is 0 Å². The molecule has 109 heavy (non-hydrogen) atoms. The van der Waals surface area contributed by atoms with Gasteiger partial charge in [0.25, 0.3) is 0 Å². The Morgan fingerprint density at radius 2 is 0.569 bits per heavy atom. The van der Waals surface area contributed by atoms with Crippen molar-refractivity contribution in [1.29, 1.82) is 0 Å². The fourth-order valence-electron chi connectivity index (χ4n) is 16.2. The quantitative estimate of drug-likeness (QED) is 0.0280. The zero-order valence-corrected chi connectivity index (χ0v) is 77.0. The molecule has 0 aliphatic rings. The molecule has 0 aliphatic carbocycles. The first kappa shape index (κ1) is 95.4. The molecule has 0 aliphatic heterocycles. The summed E-state index contributed by atoms with van der Waals surface area (Å²) < 4.78 is 61.4. The Labute approximate surface area is 700 Å². The summed E-state index contributed by atoms with van der Waals surface area (Å²) in [7, 11) is 0. The van der Waals surface area contributed by atoms with Crippen LogP contribution in [0, 0.1) is 35.3 Å². The molecule has 0 radical (unpaired) electrons. The first-order valence-corrected chi connectivity index (χ1v) is 50.7. The molecule has 4 unspecified atom stereocenters. The molecule has 0 saturated carbocycles. The molecule has 0 saturated heterocycles. The summed E-state index contributed by atoms with van der Waals surface area (Å²) in [4.78, 5) is 34.5. The van der Waals surface area contributed by atoms with Gasteiger partial charge in [0.1, 0.15) is 11.0 Å². The second kappa shape index (κ2) is 58.4. The van der Waals surface area contributed by atoms with E-state index in [1.165, 1.54) is 329 Å². The molecule has 15 heteroatoms. The van der Waals surface area contributed by atoms with Crippen molar-refractivity contribution in [3.8, 4) is 40.4 Å². The third-order valence-electron chi connectivity index (χ3n) is 23.1. The van der Waals surface area contributed by atoms with E-state index >= 15 is 18.4 Å². The van der Waals surface area contributed by atoms with Crippen LogP contribution in [-0.4, -0.2) is 33.9 Å². The second-order valence-electron chi connectivity index (χ2n) is 32.7. The van der Waals surface area contributed by atoms with Crippen LogP contribution in [0.5, 0.6) is 0 Å². The van der Waals surface area contributed by atoms with Crippen LogP contribution in [-0.2, 0) is 22.3 Å². The molecule has 0 spiro atoms. The summed E-state index contributed by atoms with van der Waals surface area (Å²) in [5.74, 6) is -1.41. The molecular formula is C94H148Br2F2N2O4S5. The Bertz CT molecular complexity index is 3150. The lowest BCUT2D eigenvalue weighted by atomic mass is 9.89. The third-order valence-corrected chi connectivity index (χ3v) is 30.2. The minimum Gasteiger partial charge on any atom is -0.462 e. The first-order valence-electron chi connectivity index (χ1n) is 45.2. The van der Waals surface area contributed by atoms with E-state index in [1.54, 1.807) is 34.8 Å². The van der Waals surface area contributed by atoms with E-state index in [0.29, 0.717) is 55.7 Å². The average molecular weight is 1730 g/mol. The van der Waals surface area contributed by atoms with Crippen molar-refractivity contribution < 1.29 is 27.8 Å². The van der Waals surface area contributed by atoms with Crippen LogP contribution in [0.1, 0.15) is 434 Å². The SMILES string of the molecule is CCCCCCCCCCC(CCCCCCCC)COC(=O)c1cc(-c2c(F)c(F)c(-c3cc(C(=O)OCC(CCCCCCCC)CCCCCCCCCC)c(-c4cc(CC(CCCCCC)CCCCCCC)c(Br)s4)s3)c3nsnc23)sc1-c1cc(CC(CCCCCC)CCCCCCC)c(Br)s1. The van der Waals surface area contributed by atoms with E-state index in [2.05, 4.69) is 99.4 Å². The van der Waals surface area contributed by atoms with E-state index in [-0.39, 0.29) is 34.0 Å². The normalized spacial score (nSPS) is 13.0. The summed E-state index contributed by atoms with van der Waals surface area (Å²) in [5, 5.41) is 0. The topological polar surface area (TPSA) is 78.4 Å². The van der Waals surface area contributed by atoms with E-state index in [1.807, 2.05) is 0 Å². The number of rotatable bonds is 68. The van der Waals surface area contributed by atoms with Gasteiger partial charge in [-0.15, -0.1) is 45.3 Å². The van der Waals surface area contributed by atoms with E-state index in [4.69, 9.17) is 18.2 Å². The van der Waals surface area contributed by atoms with Crippen LogP contribution in [0.3, 0.4) is 0 Å². The fraction of sp³-hybridized carbons (Fsp3) is 0.745. The Hall–Kier alpha value is -2.40. The zero-order valence-electron chi connectivity index (χ0n) is 69.7. The molecule has 0 N–H and O–H groups in total. The molecule has 0 bridgehead atoms. The van der Waals surface area contributed by atoms with Gasteiger partial charge >= 0.3 is 11.9 Å². The van der Waals surface area contributed by atoms with Crippen LogP contribution < -0.4 is 0 Å². The van der Waals surface area contributed by atoms with Crippen molar-refractivity contribution in [2.75, 3.05) is 13.2 Å². The van der Waals surface area contributed by atoms with Gasteiger partial charge < -0.3 is 9.47 Å². The Kier molecular flexibility index (Phi) is 51.2. The number of hydrogen-bond acceptors (Lipinski definition) is 11. The van der Waals surface area contributed by atoms with Crippen molar-refractivity contribution in [3.63, 3.8) is 0 Å². The zero-order chi connectivity index (χ0) is 78.1. The number of carbonyl (C=O) groups excluding carboxylic acids is 2. The van der Waals surface area contributed by atoms with Crippen molar-refractivity contribution >= 4 is 112 Å². The van der Waals surface area contributed by atoms with Crippen molar-refractivity contribution in [2.45, 2.75) is 415 Å². The van der Waals surface area contributed by atoms with Crippen molar-refractivity contribution in [3.05, 3.63) is 65.7 Å². The van der Waals surface area contributed by atoms with Crippen LogP contribution in [0.2, 0.25) is 0 Å². The smallest absolute Gasteiger partial charge is 0.339 e. The number of halogens is 4. The average Bonchev–Trinajstić information content (AvgIpc) is 1.60. The third kappa shape index (κ3) is 35.1. The highest BCUT2D eigenvalue weighted by molar-refractivity contribution is 9.11. The molecule has 6 aromatic rings. The largest absolute Gasteiger partial charge is 0.462 e. The number of thiophene rings is 4. The van der Waals surface area contributed by atoms with Crippen LogP contribution in [0.15, 0.2) is 31.8 Å². The lowest BCUT2D eigenvalue weighted by molar-refractivity contribution is 0.0415. The number of ether oxygens (including phenoxy) is 2. The minimum atomic E-state index is -1.05. The highest BCUT2D eigenvalue weighted by Crippen LogP contribution is 2.51. The van der Waals surface area contributed by atoms with Gasteiger partial charge in [0, 0.05) is 19.5 Å². The predicted molar refractivity (Wildman–Crippen MR) is 483 cm³/mol. The number of nitrogens with zero attached hydrogens (tertiary/aromatic N) is 2. The van der Waals surface area contributed by atoms with Crippen molar-refractivity contribution in [1.82, 2.24) is 8.75 Å². The van der Waals surface area contributed by atoms with Crippen LogP contribution in [0.25, 0.3) is 51.4 Å². The number of fused-ring (bicyclic) bond motifs is 1. The standard InChI is InChI=1S/C94H148Br2F2N2O4S5/c1-9-17-25-33-37-39-45-53-61-73(59-51-43-35-27-19-11-3)69-103-93(101)77-67-79(105-89(77)81-65-75(91(95)107-81)63-71(55-47-31-23-15-7)57-49-41-29-21-13-5)83-85(97)86(98)84(88-87(83)99-109-100-88)80-68-78(94(102)104-70-74(60-52-44-36-28-20-12-4)62-54-46-40-38-34-26-18-10-2)90(106-80)82-66-76(92(96)108-82)64-72(56-48-32-24-16-8)58-50-42-30-22-14-6/h65-68,71-74H,9-64,69-70H2,1-8H3. The molecule has 5 aromatic heterocycles. The number of esters is 2. The minimum absolute atomic E-state index is 0.0113. The molecule has 0 amide bonds. The molecule has 1 aromatic carbocycles. The molecule has 616 valence electrons. The predicted octanol–water partition coefficient (Wildman–Crippen LogP) is 35.5. The lowest BCUT2D eigenvalue weighted by Crippen LogP contribution is -2.15. The van der Waals surface area contributed by atoms with Gasteiger partial charge in [-0.05, 0) is 129 Å². The van der Waals surface area contributed by atoms with Gasteiger partial charge in [-0.25, -0.2) is 18.4 Å². The Balaban J connectivity index is 1.43. The molecule has 6 nitrogen and oxygen atoms in total. The maximum absolute atomic E-state index is 18.3. The van der Waals surface area contributed by atoms with E-state index in [9.17, 15) is 0 Å². The van der Waals surface area contributed by atoms with Gasteiger partial charge in [0.2, 0.25) is 0 Å². The maximum atomic E-state index is 18.3. The number of benzene rings is 1. The van der Waals surface area contributed by atoms with Crippen LogP contribution >= 0.6 is 88.9 Å². The Morgan fingerprint density at radius 3 is 0.835 bits per heavy atom. The summed E-state index contributed by atoms with van der Waals surface area (Å²) in [6, 6.07) is 8.01. The monoisotopic (exact) mass is 1720 g/mol. The highest BCUT2D eigenvalue weighted by Gasteiger charge is 2.33. The number of hydrogen-bond donors (Lipinski definition) is 0. The fourth-order valence-corrected chi connectivity index (χ4v) is 22.8. The summed E-state index contributed by atoms with van der Waals surface area (Å²) in [6.07, 6.45) is 67.6. The van der Waals surface area contributed by atoms with Crippen molar-refractivity contribution in [2.24, 2.45) is 23.7 Å². The van der Waals surface area contributed by atoms with Gasteiger partial charge in [-0.1, -0.05) is 376 Å². The van der Waals surface area contributed by atoms with Gasteiger partial charge in [0.15, 0.2) is 11.6 Å². The summed E-state index contributed by atoms with van der Waals surface area (Å²) in [5.41, 5.74) is 3.63. The Morgan fingerprint density at radius 1 is 0.330 bits per heavy atom. The molecule has 5 heterocycles. The van der Waals surface area contributed by atoms with E-state index < -0.39 is 23.6 Å². The first-order chi connectivity index (χ1) is 53.3.